The molecule has 1 heterocycles. The second kappa shape index (κ2) is 5.77. The van der Waals surface area contributed by atoms with Crippen molar-refractivity contribution in [2.45, 2.75) is 39.3 Å². The number of hydrogen-bond donors (Lipinski definition) is 2. The monoisotopic (exact) mass is 239 g/mol. The highest BCUT2D eigenvalue weighted by atomic mass is 16.2. The lowest BCUT2D eigenvalue weighted by atomic mass is 10.0. The van der Waals surface area contributed by atoms with Crippen molar-refractivity contribution in [2.24, 2.45) is 7.05 Å². The maximum atomic E-state index is 11.6. The number of rotatable bonds is 6. The molecule has 6 nitrogen and oxygen atoms in total. The summed E-state index contributed by atoms with van der Waals surface area (Å²) in [6.07, 6.45) is 2.54. The SMILES string of the molecule is CCC(C)(C)NC(=O)CNCc1nncn1C. The molecule has 0 aliphatic heterocycles. The van der Waals surface area contributed by atoms with Crippen LogP contribution in [0.15, 0.2) is 6.33 Å². The number of nitrogens with zero attached hydrogens (tertiary/aromatic N) is 3. The molecular weight excluding hydrogens is 218 g/mol. The van der Waals surface area contributed by atoms with E-state index >= 15 is 0 Å². The van der Waals surface area contributed by atoms with E-state index in [0.717, 1.165) is 12.2 Å². The molecular formula is C11H21N5O. The average molecular weight is 239 g/mol. The third-order valence-electron chi connectivity index (χ3n) is 2.74. The zero-order valence-corrected chi connectivity index (χ0v) is 10.9. The predicted molar refractivity (Wildman–Crippen MR) is 65.2 cm³/mol. The van der Waals surface area contributed by atoms with Crippen molar-refractivity contribution >= 4 is 5.91 Å². The van der Waals surface area contributed by atoms with Crippen LogP contribution in [0.5, 0.6) is 0 Å². The van der Waals surface area contributed by atoms with Gasteiger partial charge in [0.2, 0.25) is 5.91 Å². The van der Waals surface area contributed by atoms with Crippen LogP contribution in [0.1, 0.15) is 33.0 Å². The molecule has 0 saturated carbocycles. The molecule has 0 unspecified atom stereocenters. The molecule has 0 radical (unpaired) electrons. The standard InChI is InChI=1S/C11H21N5O/c1-5-11(2,3)14-10(17)7-12-6-9-15-13-8-16(9)4/h8,12H,5-7H2,1-4H3,(H,14,17). The normalized spacial score (nSPS) is 11.5. The number of aryl methyl sites for hydroxylation is 1. The predicted octanol–water partition coefficient (Wildman–Crippen LogP) is 0.210. The van der Waals surface area contributed by atoms with Gasteiger partial charge in [0, 0.05) is 12.6 Å². The third kappa shape index (κ3) is 4.52. The lowest BCUT2D eigenvalue weighted by molar-refractivity contribution is -0.121. The van der Waals surface area contributed by atoms with Crippen LogP contribution in [0.4, 0.5) is 0 Å². The Morgan fingerprint density at radius 3 is 2.76 bits per heavy atom. The number of nitrogens with one attached hydrogen (secondary N) is 2. The van der Waals surface area contributed by atoms with Crippen LogP contribution in [-0.2, 0) is 18.4 Å². The first kappa shape index (κ1) is 13.6. The zero-order valence-electron chi connectivity index (χ0n) is 10.9. The van der Waals surface area contributed by atoms with Gasteiger partial charge in [-0.25, -0.2) is 0 Å². The first-order chi connectivity index (χ1) is 7.94. The van der Waals surface area contributed by atoms with Crippen LogP contribution in [-0.4, -0.2) is 32.8 Å². The van der Waals surface area contributed by atoms with Gasteiger partial charge in [0.05, 0.1) is 13.1 Å². The molecule has 1 rings (SSSR count). The van der Waals surface area contributed by atoms with E-state index in [1.54, 1.807) is 6.33 Å². The van der Waals surface area contributed by atoms with Gasteiger partial charge in [-0.2, -0.15) is 0 Å². The van der Waals surface area contributed by atoms with Crippen LogP contribution in [0.25, 0.3) is 0 Å². The van der Waals surface area contributed by atoms with Crippen molar-refractivity contribution in [3.63, 3.8) is 0 Å². The molecule has 2 N–H and O–H groups in total. The van der Waals surface area contributed by atoms with Gasteiger partial charge in [-0.1, -0.05) is 6.92 Å². The van der Waals surface area contributed by atoms with Crippen molar-refractivity contribution in [3.05, 3.63) is 12.2 Å². The summed E-state index contributed by atoms with van der Waals surface area (Å²) >= 11 is 0. The number of amides is 1. The van der Waals surface area contributed by atoms with Crippen molar-refractivity contribution in [1.82, 2.24) is 25.4 Å². The quantitative estimate of drug-likeness (QED) is 0.744. The molecule has 0 aromatic carbocycles. The second-order valence-corrected chi connectivity index (χ2v) is 4.75. The summed E-state index contributed by atoms with van der Waals surface area (Å²) in [6, 6.07) is 0. The summed E-state index contributed by atoms with van der Waals surface area (Å²) in [5.41, 5.74) is -0.149. The fraction of sp³-hybridized carbons (Fsp3) is 0.727. The Bertz CT molecular complexity index is 372. The zero-order chi connectivity index (χ0) is 12.9. The average Bonchev–Trinajstić information content (AvgIpc) is 2.64. The lowest BCUT2D eigenvalue weighted by Gasteiger charge is -2.24. The Morgan fingerprint density at radius 1 is 1.53 bits per heavy atom. The highest BCUT2D eigenvalue weighted by Crippen LogP contribution is 2.05. The topological polar surface area (TPSA) is 71.8 Å². The maximum Gasteiger partial charge on any atom is 0.234 e. The molecule has 1 aromatic heterocycles. The van der Waals surface area contributed by atoms with Crippen molar-refractivity contribution in [3.8, 4) is 0 Å². The van der Waals surface area contributed by atoms with Gasteiger partial charge in [0.25, 0.3) is 0 Å². The Morgan fingerprint density at radius 2 is 2.24 bits per heavy atom. The largest absolute Gasteiger partial charge is 0.350 e. The fourth-order valence-corrected chi connectivity index (χ4v) is 1.27. The van der Waals surface area contributed by atoms with Gasteiger partial charge < -0.3 is 15.2 Å². The van der Waals surface area contributed by atoms with Gasteiger partial charge in [0.15, 0.2) is 0 Å². The summed E-state index contributed by atoms with van der Waals surface area (Å²) in [7, 11) is 1.87. The first-order valence-electron chi connectivity index (χ1n) is 5.79. The molecule has 1 aromatic rings. The molecule has 0 aliphatic rings. The van der Waals surface area contributed by atoms with E-state index in [0.29, 0.717) is 6.54 Å². The Balaban J connectivity index is 2.28. The summed E-state index contributed by atoms with van der Waals surface area (Å²) in [4.78, 5) is 11.6. The van der Waals surface area contributed by atoms with E-state index in [-0.39, 0.29) is 18.0 Å². The van der Waals surface area contributed by atoms with Crippen molar-refractivity contribution in [2.75, 3.05) is 6.54 Å². The molecule has 0 aliphatic carbocycles. The minimum Gasteiger partial charge on any atom is -0.350 e. The minimum absolute atomic E-state index is 0.000909. The van der Waals surface area contributed by atoms with E-state index in [1.807, 2.05) is 32.4 Å². The van der Waals surface area contributed by atoms with Gasteiger partial charge in [0.1, 0.15) is 12.2 Å². The summed E-state index contributed by atoms with van der Waals surface area (Å²) in [5, 5.41) is 13.7. The van der Waals surface area contributed by atoms with Crippen molar-refractivity contribution in [1.29, 1.82) is 0 Å². The van der Waals surface area contributed by atoms with Crippen LogP contribution < -0.4 is 10.6 Å². The number of carbonyl (C=O) groups excluding carboxylic acids is 1. The number of carbonyl (C=O) groups is 1. The highest BCUT2D eigenvalue weighted by Gasteiger charge is 2.17. The minimum atomic E-state index is -0.149. The Kier molecular flexibility index (Phi) is 4.62. The summed E-state index contributed by atoms with van der Waals surface area (Å²) in [5.74, 6) is 0.812. The van der Waals surface area contributed by atoms with Crippen LogP contribution in [0, 0.1) is 0 Å². The van der Waals surface area contributed by atoms with Crippen LogP contribution in [0.3, 0.4) is 0 Å². The van der Waals surface area contributed by atoms with E-state index in [4.69, 9.17) is 0 Å². The molecule has 1 amide bonds. The first-order valence-corrected chi connectivity index (χ1v) is 5.79. The lowest BCUT2D eigenvalue weighted by Crippen LogP contribution is -2.46. The Labute approximate surface area is 102 Å². The molecule has 0 bridgehead atoms. The van der Waals surface area contributed by atoms with E-state index in [9.17, 15) is 4.79 Å². The third-order valence-corrected chi connectivity index (χ3v) is 2.74. The molecule has 0 fully saturated rings. The molecule has 96 valence electrons. The molecule has 0 saturated heterocycles. The van der Waals surface area contributed by atoms with Gasteiger partial charge in [-0.15, -0.1) is 10.2 Å². The molecule has 17 heavy (non-hydrogen) atoms. The summed E-state index contributed by atoms with van der Waals surface area (Å²) in [6.45, 7) is 6.89. The van der Waals surface area contributed by atoms with Gasteiger partial charge in [-0.05, 0) is 20.3 Å². The maximum absolute atomic E-state index is 11.6. The number of aromatic nitrogens is 3. The molecule has 6 heteroatoms. The van der Waals surface area contributed by atoms with E-state index in [2.05, 4.69) is 20.8 Å². The van der Waals surface area contributed by atoms with Gasteiger partial charge >= 0.3 is 0 Å². The fourth-order valence-electron chi connectivity index (χ4n) is 1.27. The van der Waals surface area contributed by atoms with Crippen LogP contribution in [0.2, 0.25) is 0 Å². The summed E-state index contributed by atoms with van der Waals surface area (Å²) < 4.78 is 1.82. The molecule has 0 atom stereocenters. The van der Waals surface area contributed by atoms with E-state index in [1.165, 1.54) is 0 Å². The van der Waals surface area contributed by atoms with E-state index < -0.39 is 0 Å². The second-order valence-electron chi connectivity index (χ2n) is 4.75. The van der Waals surface area contributed by atoms with Gasteiger partial charge in [-0.3, -0.25) is 4.79 Å². The van der Waals surface area contributed by atoms with Crippen LogP contribution >= 0.6 is 0 Å². The number of hydrogen-bond acceptors (Lipinski definition) is 4. The molecule has 0 spiro atoms. The van der Waals surface area contributed by atoms with Crippen molar-refractivity contribution < 1.29 is 4.79 Å². The smallest absolute Gasteiger partial charge is 0.234 e. The highest BCUT2D eigenvalue weighted by molar-refractivity contribution is 5.78. The Hall–Kier alpha value is -1.43.